The lowest BCUT2D eigenvalue weighted by Gasteiger charge is -2.04. The van der Waals surface area contributed by atoms with E-state index in [1.54, 1.807) is 0 Å². The summed E-state index contributed by atoms with van der Waals surface area (Å²) in [5.74, 6) is 0. The van der Waals surface area contributed by atoms with Crippen molar-refractivity contribution in [3.05, 3.63) is 0 Å². The maximum atomic E-state index is 4.85. The Labute approximate surface area is 72.8 Å². The van der Waals surface area contributed by atoms with Crippen molar-refractivity contribution in [2.45, 2.75) is 19.8 Å². The molecule has 0 atom stereocenters. The lowest BCUT2D eigenvalue weighted by atomic mass is 10.3. The molecule has 2 N–H and O–H groups in total. The maximum absolute atomic E-state index is 4.85. The van der Waals surface area contributed by atoms with Crippen molar-refractivity contribution in [3.63, 3.8) is 0 Å². The second kappa shape index (κ2) is 8.91. The maximum Gasteiger partial charge on any atom is 0.166 e. The SMILES string of the molecule is CCCCNC(=S)NC.[SiH4]. The van der Waals surface area contributed by atoms with Crippen molar-refractivity contribution in [1.29, 1.82) is 0 Å². The Morgan fingerprint density at radius 1 is 1.50 bits per heavy atom. The van der Waals surface area contributed by atoms with Gasteiger partial charge in [-0.2, -0.15) is 0 Å². The molecule has 0 amide bonds. The fourth-order valence-electron chi connectivity index (χ4n) is 0.467. The highest BCUT2D eigenvalue weighted by atomic mass is 32.1. The van der Waals surface area contributed by atoms with Crippen molar-refractivity contribution in [1.82, 2.24) is 10.6 Å². The molecule has 0 bridgehead atoms. The van der Waals surface area contributed by atoms with Crippen molar-refractivity contribution < 1.29 is 0 Å². The summed E-state index contributed by atoms with van der Waals surface area (Å²) in [6, 6.07) is 0. The molecule has 62 valence electrons. The molecule has 0 aromatic carbocycles. The highest BCUT2D eigenvalue weighted by Gasteiger charge is 1.86. The van der Waals surface area contributed by atoms with E-state index in [1.807, 2.05) is 7.05 Å². The third-order valence-electron chi connectivity index (χ3n) is 1.04. The van der Waals surface area contributed by atoms with Gasteiger partial charge in [-0.25, -0.2) is 0 Å². The van der Waals surface area contributed by atoms with Crippen LogP contribution in [0.3, 0.4) is 0 Å². The molecule has 0 fully saturated rings. The topological polar surface area (TPSA) is 24.1 Å². The van der Waals surface area contributed by atoms with Gasteiger partial charge in [0, 0.05) is 13.6 Å². The summed E-state index contributed by atoms with van der Waals surface area (Å²) in [6.45, 7) is 3.14. The highest BCUT2D eigenvalue weighted by molar-refractivity contribution is 7.80. The standard InChI is InChI=1S/C6H14N2S.H4Si/c1-3-4-5-8-6(9)7-2;/h3-5H2,1-2H3,(H2,7,8,9);1H4. The van der Waals surface area contributed by atoms with Crippen LogP contribution in [0.1, 0.15) is 19.8 Å². The monoisotopic (exact) mass is 178 g/mol. The summed E-state index contributed by atoms with van der Waals surface area (Å²) in [6.07, 6.45) is 2.39. The molecule has 0 saturated carbocycles. The zero-order valence-electron chi connectivity index (χ0n) is 6.03. The van der Waals surface area contributed by atoms with Crippen LogP contribution in [0, 0.1) is 0 Å². The number of rotatable bonds is 3. The Bertz CT molecular complexity index is 87.8. The van der Waals surface area contributed by atoms with E-state index < -0.39 is 0 Å². The van der Waals surface area contributed by atoms with Gasteiger partial charge in [0.2, 0.25) is 0 Å². The van der Waals surface area contributed by atoms with Gasteiger partial charge in [-0.1, -0.05) is 13.3 Å². The molecular weight excluding hydrogens is 160 g/mol. The molecular formula is C6H18N2SSi. The molecule has 0 aliphatic heterocycles. The van der Waals surface area contributed by atoms with Crippen LogP contribution >= 0.6 is 12.2 Å². The van der Waals surface area contributed by atoms with Crippen LogP contribution < -0.4 is 10.6 Å². The first-order valence-electron chi connectivity index (χ1n) is 3.26. The van der Waals surface area contributed by atoms with E-state index in [2.05, 4.69) is 17.6 Å². The molecule has 0 unspecified atom stereocenters. The van der Waals surface area contributed by atoms with Gasteiger partial charge in [-0.3, -0.25) is 0 Å². The molecule has 10 heavy (non-hydrogen) atoms. The van der Waals surface area contributed by atoms with Crippen LogP contribution in [-0.2, 0) is 0 Å². The number of unbranched alkanes of at least 4 members (excludes halogenated alkanes) is 1. The number of nitrogens with one attached hydrogen (secondary N) is 2. The predicted molar refractivity (Wildman–Crippen MR) is 55.9 cm³/mol. The minimum Gasteiger partial charge on any atom is -0.366 e. The first kappa shape index (κ1) is 12.6. The summed E-state index contributed by atoms with van der Waals surface area (Å²) < 4.78 is 0. The molecule has 0 spiro atoms. The Morgan fingerprint density at radius 2 is 2.10 bits per heavy atom. The molecule has 0 aromatic heterocycles. The van der Waals surface area contributed by atoms with E-state index >= 15 is 0 Å². The van der Waals surface area contributed by atoms with Crippen LogP contribution in [0.2, 0.25) is 0 Å². The van der Waals surface area contributed by atoms with Crippen molar-refractivity contribution in [2.75, 3.05) is 13.6 Å². The fourth-order valence-corrected chi connectivity index (χ4v) is 0.569. The van der Waals surface area contributed by atoms with Crippen LogP contribution in [0.25, 0.3) is 0 Å². The summed E-state index contributed by atoms with van der Waals surface area (Å²) in [7, 11) is 1.82. The predicted octanol–water partition coefficient (Wildman–Crippen LogP) is -0.571. The third kappa shape index (κ3) is 7.91. The van der Waals surface area contributed by atoms with Crippen molar-refractivity contribution in [2.24, 2.45) is 0 Å². The Kier molecular flexibility index (Phi) is 11.2. The Balaban J connectivity index is 0. The number of hydrogen-bond acceptors (Lipinski definition) is 1. The van der Waals surface area contributed by atoms with Gasteiger partial charge in [0.05, 0.1) is 0 Å². The van der Waals surface area contributed by atoms with Crippen LogP contribution in [0.15, 0.2) is 0 Å². The van der Waals surface area contributed by atoms with Gasteiger partial charge < -0.3 is 10.6 Å². The Hall–Kier alpha value is -0.0931. The second-order valence-corrected chi connectivity index (χ2v) is 2.27. The smallest absolute Gasteiger partial charge is 0.166 e. The minimum atomic E-state index is 0. The van der Waals surface area contributed by atoms with Crippen molar-refractivity contribution >= 4 is 28.3 Å². The van der Waals surface area contributed by atoms with Gasteiger partial charge in [0.25, 0.3) is 0 Å². The summed E-state index contributed by atoms with van der Waals surface area (Å²) in [5.41, 5.74) is 0. The van der Waals surface area contributed by atoms with E-state index in [0.717, 1.165) is 11.7 Å². The van der Waals surface area contributed by atoms with Gasteiger partial charge in [0.1, 0.15) is 0 Å². The van der Waals surface area contributed by atoms with E-state index in [9.17, 15) is 0 Å². The first-order chi connectivity index (χ1) is 4.31. The average Bonchev–Trinajstić information content (AvgIpc) is 1.89. The largest absolute Gasteiger partial charge is 0.366 e. The van der Waals surface area contributed by atoms with Gasteiger partial charge >= 0.3 is 0 Å². The molecule has 4 heteroatoms. The van der Waals surface area contributed by atoms with Crippen LogP contribution in [0.5, 0.6) is 0 Å². The van der Waals surface area contributed by atoms with E-state index in [0.29, 0.717) is 0 Å². The van der Waals surface area contributed by atoms with Crippen LogP contribution in [-0.4, -0.2) is 29.7 Å². The summed E-state index contributed by atoms with van der Waals surface area (Å²) >= 11 is 4.85. The second-order valence-electron chi connectivity index (χ2n) is 1.86. The summed E-state index contributed by atoms with van der Waals surface area (Å²) in [4.78, 5) is 0. The fraction of sp³-hybridized carbons (Fsp3) is 0.833. The van der Waals surface area contributed by atoms with Crippen LogP contribution in [0.4, 0.5) is 0 Å². The lowest BCUT2D eigenvalue weighted by Crippen LogP contribution is -2.32. The van der Waals surface area contributed by atoms with E-state index in [4.69, 9.17) is 12.2 Å². The minimum absolute atomic E-state index is 0. The number of thiocarbonyl (C=S) groups is 1. The first-order valence-corrected chi connectivity index (χ1v) is 3.67. The summed E-state index contributed by atoms with van der Waals surface area (Å²) in [5, 5.41) is 6.64. The molecule has 0 heterocycles. The van der Waals surface area contributed by atoms with Crippen molar-refractivity contribution in [3.8, 4) is 0 Å². The van der Waals surface area contributed by atoms with E-state index in [1.165, 1.54) is 12.8 Å². The zero-order chi connectivity index (χ0) is 7.11. The van der Waals surface area contributed by atoms with Gasteiger partial charge in [-0.05, 0) is 29.6 Å². The van der Waals surface area contributed by atoms with Gasteiger partial charge in [0.15, 0.2) is 5.11 Å². The normalized spacial score (nSPS) is 7.80. The highest BCUT2D eigenvalue weighted by Crippen LogP contribution is 1.81. The van der Waals surface area contributed by atoms with Gasteiger partial charge in [-0.15, -0.1) is 0 Å². The van der Waals surface area contributed by atoms with E-state index in [-0.39, 0.29) is 11.0 Å². The molecule has 0 rings (SSSR count). The molecule has 0 radical (unpaired) electrons. The Morgan fingerprint density at radius 3 is 2.50 bits per heavy atom. The lowest BCUT2D eigenvalue weighted by molar-refractivity contribution is 0.749. The zero-order valence-corrected chi connectivity index (χ0v) is 6.85. The number of hydrogen-bond donors (Lipinski definition) is 2. The molecule has 0 aliphatic carbocycles. The average molecular weight is 178 g/mol. The molecule has 0 aromatic rings. The molecule has 0 saturated heterocycles. The quantitative estimate of drug-likeness (QED) is 0.344. The third-order valence-corrected chi connectivity index (χ3v) is 1.39. The molecule has 0 aliphatic rings. The molecule has 2 nitrogen and oxygen atoms in total.